The quantitative estimate of drug-likeness (QED) is 0.616. The van der Waals surface area contributed by atoms with Crippen molar-refractivity contribution in [3.63, 3.8) is 0 Å². The second-order valence-corrected chi connectivity index (χ2v) is 3.79. The second kappa shape index (κ2) is 3.42. The zero-order valence-corrected chi connectivity index (χ0v) is 7.21. The number of hydrogen-bond donors (Lipinski definition) is 2. The molecule has 1 heterocycles. The van der Waals surface area contributed by atoms with Gasteiger partial charge in [-0.15, -0.1) is 0 Å². The third-order valence-corrected chi connectivity index (χ3v) is 2.91. The third-order valence-electron chi connectivity index (χ3n) is 2.91. The standard InChI is InChI=1S/C9H15N3/c10-4-7-2-1-3-9(7)12-8-5-11-6-8/h7-9,11-12H,1-3,5-6H2. The van der Waals surface area contributed by atoms with Gasteiger partial charge in [0.05, 0.1) is 12.0 Å². The minimum absolute atomic E-state index is 0.269. The van der Waals surface area contributed by atoms with Gasteiger partial charge < -0.3 is 10.6 Å². The van der Waals surface area contributed by atoms with Gasteiger partial charge >= 0.3 is 0 Å². The summed E-state index contributed by atoms with van der Waals surface area (Å²) >= 11 is 0. The fourth-order valence-electron chi connectivity index (χ4n) is 2.02. The highest BCUT2D eigenvalue weighted by atomic mass is 15.1. The zero-order chi connectivity index (χ0) is 8.39. The van der Waals surface area contributed by atoms with Gasteiger partial charge in [0.2, 0.25) is 0 Å². The fourth-order valence-corrected chi connectivity index (χ4v) is 2.02. The SMILES string of the molecule is N#CC1CCCC1NC1CNC1. The molecule has 0 amide bonds. The van der Waals surface area contributed by atoms with E-state index in [4.69, 9.17) is 5.26 Å². The maximum absolute atomic E-state index is 8.83. The summed E-state index contributed by atoms with van der Waals surface area (Å²) in [5.41, 5.74) is 0. The van der Waals surface area contributed by atoms with E-state index in [1.807, 2.05) is 0 Å². The Morgan fingerprint density at radius 3 is 2.75 bits per heavy atom. The summed E-state index contributed by atoms with van der Waals surface area (Å²) in [7, 11) is 0. The van der Waals surface area contributed by atoms with E-state index < -0.39 is 0 Å². The molecule has 0 aromatic rings. The summed E-state index contributed by atoms with van der Waals surface area (Å²) < 4.78 is 0. The van der Waals surface area contributed by atoms with Crippen LogP contribution in [0.2, 0.25) is 0 Å². The highest BCUT2D eigenvalue weighted by Gasteiger charge is 2.30. The van der Waals surface area contributed by atoms with Crippen molar-refractivity contribution >= 4 is 0 Å². The van der Waals surface area contributed by atoms with Crippen LogP contribution < -0.4 is 10.6 Å². The van der Waals surface area contributed by atoms with E-state index in [1.165, 1.54) is 12.8 Å². The van der Waals surface area contributed by atoms with E-state index in [0.717, 1.165) is 19.5 Å². The summed E-state index contributed by atoms with van der Waals surface area (Å²) in [5, 5.41) is 15.6. The maximum Gasteiger partial charge on any atom is 0.0672 e. The highest BCUT2D eigenvalue weighted by Crippen LogP contribution is 2.25. The number of nitriles is 1. The molecular formula is C9H15N3. The zero-order valence-electron chi connectivity index (χ0n) is 7.21. The molecule has 2 rings (SSSR count). The number of nitrogens with one attached hydrogen (secondary N) is 2. The molecule has 2 unspecified atom stereocenters. The van der Waals surface area contributed by atoms with Gasteiger partial charge in [0, 0.05) is 25.2 Å². The molecule has 66 valence electrons. The number of rotatable bonds is 2. The van der Waals surface area contributed by atoms with E-state index in [-0.39, 0.29) is 5.92 Å². The van der Waals surface area contributed by atoms with Crippen LogP contribution in [0, 0.1) is 17.2 Å². The van der Waals surface area contributed by atoms with Crippen LogP contribution in [0.15, 0.2) is 0 Å². The van der Waals surface area contributed by atoms with Crippen molar-refractivity contribution in [1.82, 2.24) is 10.6 Å². The Bertz CT molecular complexity index is 192. The minimum Gasteiger partial charge on any atom is -0.314 e. The Hall–Kier alpha value is -0.590. The molecule has 12 heavy (non-hydrogen) atoms. The van der Waals surface area contributed by atoms with Crippen LogP contribution >= 0.6 is 0 Å². The monoisotopic (exact) mass is 165 g/mol. The molecule has 1 aliphatic carbocycles. The van der Waals surface area contributed by atoms with Crippen LogP contribution in [0.25, 0.3) is 0 Å². The molecule has 1 aliphatic heterocycles. The molecule has 2 N–H and O–H groups in total. The molecule has 1 saturated heterocycles. The number of nitrogens with zero attached hydrogens (tertiary/aromatic N) is 1. The van der Waals surface area contributed by atoms with Crippen LogP contribution in [0.3, 0.4) is 0 Å². The van der Waals surface area contributed by atoms with Gasteiger partial charge in [-0.25, -0.2) is 0 Å². The lowest BCUT2D eigenvalue weighted by Crippen LogP contribution is -2.58. The third kappa shape index (κ3) is 1.45. The first-order valence-corrected chi connectivity index (χ1v) is 4.76. The lowest BCUT2D eigenvalue weighted by Gasteiger charge is -2.32. The van der Waals surface area contributed by atoms with E-state index >= 15 is 0 Å². The van der Waals surface area contributed by atoms with Crippen LogP contribution in [0.1, 0.15) is 19.3 Å². The predicted molar refractivity (Wildman–Crippen MR) is 46.5 cm³/mol. The van der Waals surface area contributed by atoms with Gasteiger partial charge in [-0.1, -0.05) is 6.42 Å². The number of hydrogen-bond acceptors (Lipinski definition) is 3. The van der Waals surface area contributed by atoms with Crippen molar-refractivity contribution in [3.8, 4) is 6.07 Å². The largest absolute Gasteiger partial charge is 0.314 e. The van der Waals surface area contributed by atoms with Crippen molar-refractivity contribution in [2.24, 2.45) is 5.92 Å². The Morgan fingerprint density at radius 1 is 1.33 bits per heavy atom. The average Bonchev–Trinajstić information content (AvgIpc) is 2.43. The van der Waals surface area contributed by atoms with Crippen molar-refractivity contribution in [1.29, 1.82) is 5.26 Å². The lowest BCUT2D eigenvalue weighted by atomic mass is 10.0. The molecule has 2 fully saturated rings. The lowest BCUT2D eigenvalue weighted by molar-refractivity contribution is 0.312. The molecule has 3 nitrogen and oxygen atoms in total. The van der Waals surface area contributed by atoms with Crippen LogP contribution in [0.5, 0.6) is 0 Å². The first kappa shape index (κ1) is 8.03. The topological polar surface area (TPSA) is 47.9 Å². The van der Waals surface area contributed by atoms with Gasteiger partial charge in [0.25, 0.3) is 0 Å². The van der Waals surface area contributed by atoms with Gasteiger partial charge in [0.1, 0.15) is 0 Å². The van der Waals surface area contributed by atoms with E-state index in [2.05, 4.69) is 16.7 Å². The van der Waals surface area contributed by atoms with E-state index in [1.54, 1.807) is 0 Å². The van der Waals surface area contributed by atoms with Crippen molar-refractivity contribution in [3.05, 3.63) is 0 Å². The molecule has 3 heteroatoms. The van der Waals surface area contributed by atoms with Crippen LogP contribution in [-0.2, 0) is 0 Å². The molecule has 0 aromatic heterocycles. The summed E-state index contributed by atoms with van der Waals surface area (Å²) in [4.78, 5) is 0. The van der Waals surface area contributed by atoms with Gasteiger partial charge in [-0.3, -0.25) is 0 Å². The van der Waals surface area contributed by atoms with Crippen LogP contribution in [-0.4, -0.2) is 25.2 Å². The molecule has 1 saturated carbocycles. The molecular weight excluding hydrogens is 150 g/mol. The van der Waals surface area contributed by atoms with Crippen molar-refractivity contribution < 1.29 is 0 Å². The van der Waals surface area contributed by atoms with Crippen molar-refractivity contribution in [2.75, 3.05) is 13.1 Å². The molecule has 2 aliphatic rings. The summed E-state index contributed by atoms with van der Waals surface area (Å²) in [6, 6.07) is 3.49. The first-order chi connectivity index (χ1) is 5.90. The van der Waals surface area contributed by atoms with Crippen molar-refractivity contribution in [2.45, 2.75) is 31.3 Å². The smallest absolute Gasteiger partial charge is 0.0672 e. The van der Waals surface area contributed by atoms with Gasteiger partial charge in [-0.05, 0) is 12.8 Å². The highest BCUT2D eigenvalue weighted by molar-refractivity contribution is 4.99. The first-order valence-electron chi connectivity index (χ1n) is 4.76. The molecule has 2 atom stereocenters. The molecule has 0 radical (unpaired) electrons. The molecule has 0 aromatic carbocycles. The van der Waals surface area contributed by atoms with Gasteiger partial charge in [-0.2, -0.15) is 5.26 Å². The summed E-state index contributed by atoms with van der Waals surface area (Å²) in [6.07, 6.45) is 3.50. The van der Waals surface area contributed by atoms with Gasteiger partial charge in [0.15, 0.2) is 0 Å². The van der Waals surface area contributed by atoms with E-state index in [0.29, 0.717) is 12.1 Å². The summed E-state index contributed by atoms with van der Waals surface area (Å²) in [5.74, 6) is 0.269. The average molecular weight is 165 g/mol. The summed E-state index contributed by atoms with van der Waals surface area (Å²) in [6.45, 7) is 2.16. The fraction of sp³-hybridized carbons (Fsp3) is 0.889. The normalized spacial score (nSPS) is 35.9. The second-order valence-electron chi connectivity index (χ2n) is 3.79. The predicted octanol–water partition coefficient (Wildman–Crippen LogP) is 0.240. The van der Waals surface area contributed by atoms with E-state index in [9.17, 15) is 0 Å². The van der Waals surface area contributed by atoms with Crippen LogP contribution in [0.4, 0.5) is 0 Å². The minimum atomic E-state index is 0.269. The Morgan fingerprint density at radius 2 is 2.17 bits per heavy atom. The Kier molecular flexibility index (Phi) is 2.29. The molecule has 0 bridgehead atoms. The Labute approximate surface area is 73.1 Å². The Balaban J connectivity index is 1.82. The molecule has 0 spiro atoms. The maximum atomic E-state index is 8.83.